The predicted octanol–water partition coefficient (Wildman–Crippen LogP) is 1.73. The van der Waals surface area contributed by atoms with E-state index in [2.05, 4.69) is 33.7 Å². The first-order valence-electron chi connectivity index (χ1n) is 7.81. The van der Waals surface area contributed by atoms with Crippen LogP contribution in [-0.4, -0.2) is 45.2 Å². The van der Waals surface area contributed by atoms with Crippen LogP contribution in [0.15, 0.2) is 11.6 Å². The van der Waals surface area contributed by atoms with E-state index >= 15 is 0 Å². The van der Waals surface area contributed by atoms with Crippen molar-refractivity contribution in [2.24, 2.45) is 5.92 Å². The maximum Gasteiger partial charge on any atom is 0.278 e. The van der Waals surface area contributed by atoms with Gasteiger partial charge in [0.25, 0.3) is 5.91 Å². The number of nitrogens with zero attached hydrogens (tertiary/aromatic N) is 3. The molecule has 1 fully saturated rings. The van der Waals surface area contributed by atoms with Crippen molar-refractivity contribution in [2.75, 3.05) is 18.4 Å². The summed E-state index contributed by atoms with van der Waals surface area (Å²) >= 11 is 0. The molecular weight excluding hydrogens is 282 g/mol. The number of aromatic nitrogens is 3. The molecule has 1 saturated heterocycles. The number of hydrogen-bond acceptors (Lipinski definition) is 4. The van der Waals surface area contributed by atoms with E-state index < -0.39 is 0 Å². The average Bonchev–Trinajstić information content (AvgIpc) is 3.18. The van der Waals surface area contributed by atoms with Gasteiger partial charge in [-0.1, -0.05) is 11.6 Å². The molecule has 118 valence electrons. The number of amides is 2. The number of anilines is 1. The predicted molar refractivity (Wildman–Crippen MR) is 81.2 cm³/mol. The van der Waals surface area contributed by atoms with Gasteiger partial charge in [-0.05, 0) is 39.0 Å². The monoisotopic (exact) mass is 303 g/mol. The van der Waals surface area contributed by atoms with Crippen molar-refractivity contribution < 1.29 is 9.59 Å². The molecule has 1 unspecified atom stereocenters. The Morgan fingerprint density at radius 3 is 2.77 bits per heavy atom. The molecule has 0 spiro atoms. The third kappa shape index (κ3) is 3.03. The summed E-state index contributed by atoms with van der Waals surface area (Å²) in [5.74, 6) is -0.0719. The first-order valence-corrected chi connectivity index (χ1v) is 7.81. The van der Waals surface area contributed by atoms with E-state index in [9.17, 15) is 9.59 Å². The van der Waals surface area contributed by atoms with Gasteiger partial charge in [0.1, 0.15) is 0 Å². The molecule has 0 saturated carbocycles. The zero-order valence-corrected chi connectivity index (χ0v) is 12.8. The van der Waals surface area contributed by atoms with E-state index in [1.54, 1.807) is 4.90 Å². The van der Waals surface area contributed by atoms with Crippen molar-refractivity contribution in [1.29, 1.82) is 0 Å². The summed E-state index contributed by atoms with van der Waals surface area (Å²) in [6, 6.07) is 0. The number of hydrogen-bond donors (Lipinski definition) is 2. The highest BCUT2D eigenvalue weighted by atomic mass is 16.2. The second kappa shape index (κ2) is 6.29. The molecule has 0 bridgehead atoms. The molecule has 1 aromatic heterocycles. The van der Waals surface area contributed by atoms with Gasteiger partial charge in [-0.25, -0.2) is 0 Å². The number of aromatic amines is 1. The molecular formula is C15H21N5O2. The minimum Gasteiger partial charge on any atom is -0.337 e. The van der Waals surface area contributed by atoms with Gasteiger partial charge in [0.05, 0.1) is 0 Å². The van der Waals surface area contributed by atoms with Crippen LogP contribution in [0.2, 0.25) is 0 Å². The maximum atomic E-state index is 12.4. The van der Waals surface area contributed by atoms with Gasteiger partial charge in [0, 0.05) is 19.0 Å². The van der Waals surface area contributed by atoms with Gasteiger partial charge in [0.2, 0.25) is 5.91 Å². The molecule has 7 nitrogen and oxygen atoms in total. The lowest BCUT2D eigenvalue weighted by Gasteiger charge is -2.19. The number of carbonyl (C=O) groups is 2. The first-order chi connectivity index (χ1) is 10.6. The summed E-state index contributed by atoms with van der Waals surface area (Å²) in [6.07, 6.45) is 6.65. The molecule has 2 amide bonds. The molecule has 1 aliphatic carbocycles. The van der Waals surface area contributed by atoms with E-state index in [-0.39, 0.29) is 29.2 Å². The highest BCUT2D eigenvalue weighted by Crippen LogP contribution is 2.25. The van der Waals surface area contributed by atoms with Crippen LogP contribution in [0.1, 0.15) is 49.5 Å². The molecule has 1 aromatic rings. The van der Waals surface area contributed by atoms with E-state index in [1.807, 2.05) is 0 Å². The highest BCUT2D eigenvalue weighted by molar-refractivity contribution is 6.01. The maximum absolute atomic E-state index is 12.4. The van der Waals surface area contributed by atoms with Gasteiger partial charge in [-0.3, -0.25) is 9.59 Å². The summed E-state index contributed by atoms with van der Waals surface area (Å²) in [7, 11) is 0. The van der Waals surface area contributed by atoms with Crippen LogP contribution in [0.3, 0.4) is 0 Å². The van der Waals surface area contributed by atoms with Gasteiger partial charge in [-0.15, -0.1) is 10.2 Å². The molecule has 0 radical (unpaired) electrons. The number of rotatable bonds is 3. The lowest BCUT2D eigenvalue weighted by molar-refractivity contribution is -0.120. The van der Waals surface area contributed by atoms with Crippen LogP contribution < -0.4 is 5.32 Å². The Morgan fingerprint density at radius 2 is 2.09 bits per heavy atom. The van der Waals surface area contributed by atoms with Crippen LogP contribution in [-0.2, 0) is 4.79 Å². The van der Waals surface area contributed by atoms with Crippen LogP contribution in [0.25, 0.3) is 0 Å². The quantitative estimate of drug-likeness (QED) is 0.832. The Hall–Kier alpha value is -2.18. The Bertz CT molecular complexity index is 601. The van der Waals surface area contributed by atoms with Gasteiger partial charge in [-0.2, -0.15) is 5.21 Å². The Morgan fingerprint density at radius 1 is 1.32 bits per heavy atom. The molecule has 2 N–H and O–H groups in total. The fourth-order valence-electron chi connectivity index (χ4n) is 2.96. The fourth-order valence-corrected chi connectivity index (χ4v) is 2.96. The van der Waals surface area contributed by atoms with Crippen molar-refractivity contribution in [3.63, 3.8) is 0 Å². The standard InChI is InChI=1S/C15H21N5O2/c1-10-4-6-11(7-5-10)14(21)16-13-12(17-19-18-13)15(22)20-8-2-3-9-20/h4,11H,2-3,5-9H2,1H3,(H2,16,17,18,19,21). The number of nitrogens with one attached hydrogen (secondary N) is 2. The van der Waals surface area contributed by atoms with E-state index in [0.717, 1.165) is 45.2 Å². The molecule has 1 atom stereocenters. The normalized spacial score (nSPS) is 21.6. The van der Waals surface area contributed by atoms with Gasteiger partial charge < -0.3 is 10.2 Å². The van der Waals surface area contributed by atoms with Crippen molar-refractivity contribution in [3.8, 4) is 0 Å². The van der Waals surface area contributed by atoms with Gasteiger partial charge >= 0.3 is 0 Å². The van der Waals surface area contributed by atoms with E-state index in [1.165, 1.54) is 5.57 Å². The summed E-state index contributed by atoms with van der Waals surface area (Å²) in [6.45, 7) is 3.57. The molecule has 7 heteroatoms. The zero-order valence-electron chi connectivity index (χ0n) is 12.8. The van der Waals surface area contributed by atoms with Crippen molar-refractivity contribution in [3.05, 3.63) is 17.3 Å². The van der Waals surface area contributed by atoms with E-state index in [0.29, 0.717) is 0 Å². The van der Waals surface area contributed by atoms with E-state index in [4.69, 9.17) is 0 Å². The number of carbonyl (C=O) groups excluding carboxylic acids is 2. The Balaban J connectivity index is 1.67. The number of allylic oxidation sites excluding steroid dienone is 2. The zero-order chi connectivity index (χ0) is 15.5. The number of likely N-dealkylation sites (tertiary alicyclic amines) is 1. The summed E-state index contributed by atoms with van der Waals surface area (Å²) < 4.78 is 0. The Kier molecular flexibility index (Phi) is 4.22. The van der Waals surface area contributed by atoms with Gasteiger partial charge in [0.15, 0.2) is 11.5 Å². The molecule has 2 heterocycles. The minimum atomic E-state index is -0.166. The lowest BCUT2D eigenvalue weighted by atomic mass is 9.90. The minimum absolute atomic E-state index is 0.0601. The highest BCUT2D eigenvalue weighted by Gasteiger charge is 2.27. The largest absolute Gasteiger partial charge is 0.337 e. The SMILES string of the molecule is CC1=CCC(C(=O)Nc2n[nH]nc2C(=O)N2CCCC2)CC1. The van der Waals surface area contributed by atoms with Crippen LogP contribution in [0, 0.1) is 5.92 Å². The Labute approximate surface area is 129 Å². The molecule has 1 aliphatic heterocycles. The summed E-state index contributed by atoms with van der Waals surface area (Å²) in [5, 5.41) is 13.0. The third-order valence-corrected chi connectivity index (χ3v) is 4.39. The summed E-state index contributed by atoms with van der Waals surface area (Å²) in [4.78, 5) is 26.4. The lowest BCUT2D eigenvalue weighted by Crippen LogP contribution is -2.30. The third-order valence-electron chi connectivity index (χ3n) is 4.39. The molecule has 2 aliphatic rings. The van der Waals surface area contributed by atoms with Crippen LogP contribution in [0.4, 0.5) is 5.82 Å². The fraction of sp³-hybridized carbons (Fsp3) is 0.600. The average molecular weight is 303 g/mol. The molecule has 3 rings (SSSR count). The smallest absolute Gasteiger partial charge is 0.278 e. The number of H-pyrrole nitrogens is 1. The van der Waals surface area contributed by atoms with Crippen molar-refractivity contribution in [1.82, 2.24) is 20.3 Å². The molecule has 0 aromatic carbocycles. The second-order valence-electron chi connectivity index (χ2n) is 6.03. The first kappa shape index (κ1) is 14.7. The molecule has 22 heavy (non-hydrogen) atoms. The second-order valence-corrected chi connectivity index (χ2v) is 6.03. The summed E-state index contributed by atoms with van der Waals surface area (Å²) in [5.41, 5.74) is 1.54. The topological polar surface area (TPSA) is 91.0 Å². The van der Waals surface area contributed by atoms with Crippen molar-refractivity contribution >= 4 is 17.6 Å². The van der Waals surface area contributed by atoms with Crippen molar-refractivity contribution in [2.45, 2.75) is 39.0 Å². The van der Waals surface area contributed by atoms with Crippen LogP contribution >= 0.6 is 0 Å². The van der Waals surface area contributed by atoms with Crippen LogP contribution in [0.5, 0.6) is 0 Å².